The molecule has 0 radical (unpaired) electrons. The van der Waals surface area contributed by atoms with E-state index in [4.69, 9.17) is 5.11 Å². The molecule has 1 saturated carbocycles. The molecular weight excluding hydrogens is 225 g/mol. The van der Waals surface area contributed by atoms with Crippen LogP contribution in [0.25, 0.3) is 0 Å². The van der Waals surface area contributed by atoms with Crippen molar-refractivity contribution in [2.75, 3.05) is 11.9 Å². The molecule has 5 heteroatoms. The fourth-order valence-corrected chi connectivity index (χ4v) is 1.90. The van der Waals surface area contributed by atoms with Crippen LogP contribution in [0.2, 0.25) is 0 Å². The molecule has 0 atom stereocenters. The third kappa shape index (κ3) is 2.39. The van der Waals surface area contributed by atoms with Crippen LogP contribution < -0.4 is 5.32 Å². The van der Waals surface area contributed by atoms with Gasteiger partial charge in [0.2, 0.25) is 0 Å². The second-order valence-electron chi connectivity index (χ2n) is 4.40. The lowest BCUT2D eigenvalue weighted by Crippen LogP contribution is -2.43. The molecule has 92 valence electrons. The van der Waals surface area contributed by atoms with Gasteiger partial charge in [-0.3, -0.25) is 0 Å². The van der Waals surface area contributed by atoms with Crippen LogP contribution in [0.5, 0.6) is 0 Å². The summed E-state index contributed by atoms with van der Waals surface area (Å²) in [5.41, 5.74) is -0.994. The molecule has 0 aromatic heterocycles. The molecule has 0 amide bonds. The van der Waals surface area contributed by atoms with E-state index in [1.54, 1.807) is 0 Å². The van der Waals surface area contributed by atoms with Gasteiger partial charge in [-0.1, -0.05) is 6.07 Å². The first-order valence-electron chi connectivity index (χ1n) is 5.50. The predicted molar refractivity (Wildman–Crippen MR) is 60.6 cm³/mol. The maximum Gasteiger partial charge on any atom is 0.337 e. The number of anilines is 1. The number of rotatable bonds is 4. The topological polar surface area (TPSA) is 69.6 Å². The van der Waals surface area contributed by atoms with E-state index >= 15 is 0 Å². The molecule has 1 aliphatic carbocycles. The minimum atomic E-state index is -1.19. The average molecular weight is 239 g/mol. The SMILES string of the molecule is O=C(O)c1cccc(F)c1NCC1(O)CCC1. The summed E-state index contributed by atoms with van der Waals surface area (Å²) in [6, 6.07) is 3.88. The number of hydrogen-bond acceptors (Lipinski definition) is 3. The summed E-state index contributed by atoms with van der Waals surface area (Å²) in [4.78, 5) is 10.9. The molecule has 3 N–H and O–H groups in total. The number of aromatic carboxylic acids is 1. The lowest BCUT2D eigenvalue weighted by molar-refractivity contribution is -0.0202. The normalized spacial score (nSPS) is 17.3. The molecule has 0 saturated heterocycles. The number of aliphatic hydroxyl groups is 1. The summed E-state index contributed by atoms with van der Waals surface area (Å²) < 4.78 is 13.5. The molecule has 0 heterocycles. The van der Waals surface area contributed by atoms with E-state index in [-0.39, 0.29) is 17.8 Å². The zero-order valence-corrected chi connectivity index (χ0v) is 9.24. The molecule has 1 aromatic rings. The van der Waals surface area contributed by atoms with Crippen LogP contribution in [0.15, 0.2) is 18.2 Å². The van der Waals surface area contributed by atoms with Gasteiger partial charge in [-0.05, 0) is 31.4 Å². The number of carboxylic acid groups (broad SMARTS) is 1. The largest absolute Gasteiger partial charge is 0.478 e. The van der Waals surface area contributed by atoms with E-state index in [0.29, 0.717) is 12.8 Å². The Morgan fingerprint density at radius 3 is 2.71 bits per heavy atom. The first-order chi connectivity index (χ1) is 8.02. The number of carbonyl (C=O) groups is 1. The molecule has 4 nitrogen and oxygen atoms in total. The van der Waals surface area contributed by atoms with Crippen molar-refractivity contribution in [3.8, 4) is 0 Å². The van der Waals surface area contributed by atoms with Gasteiger partial charge in [0.05, 0.1) is 16.9 Å². The molecule has 0 bridgehead atoms. The highest BCUT2D eigenvalue weighted by molar-refractivity contribution is 5.94. The van der Waals surface area contributed by atoms with Crippen LogP contribution in [0.1, 0.15) is 29.6 Å². The highest BCUT2D eigenvalue weighted by Gasteiger charge is 2.34. The minimum absolute atomic E-state index is 0.0553. The summed E-state index contributed by atoms with van der Waals surface area (Å²) >= 11 is 0. The second kappa shape index (κ2) is 4.33. The molecule has 1 aliphatic rings. The van der Waals surface area contributed by atoms with Crippen molar-refractivity contribution < 1.29 is 19.4 Å². The Balaban J connectivity index is 2.16. The Labute approximate surface area is 98.1 Å². The van der Waals surface area contributed by atoms with E-state index < -0.39 is 17.4 Å². The van der Waals surface area contributed by atoms with Crippen LogP contribution in [-0.4, -0.2) is 28.3 Å². The Morgan fingerprint density at radius 1 is 1.47 bits per heavy atom. The summed E-state index contributed by atoms with van der Waals surface area (Å²) in [5, 5.41) is 21.5. The van der Waals surface area contributed by atoms with E-state index in [1.165, 1.54) is 18.2 Å². The van der Waals surface area contributed by atoms with Crippen molar-refractivity contribution >= 4 is 11.7 Å². The van der Waals surface area contributed by atoms with Crippen molar-refractivity contribution in [1.29, 1.82) is 0 Å². The predicted octanol–water partition coefficient (Wildman–Crippen LogP) is 1.85. The molecule has 17 heavy (non-hydrogen) atoms. The van der Waals surface area contributed by atoms with Crippen LogP contribution in [0.3, 0.4) is 0 Å². The van der Waals surface area contributed by atoms with Crippen LogP contribution in [0, 0.1) is 5.82 Å². The lowest BCUT2D eigenvalue weighted by Gasteiger charge is -2.37. The summed E-state index contributed by atoms with van der Waals surface area (Å²) in [6.07, 6.45) is 2.27. The molecule has 0 spiro atoms. The molecular formula is C12H14FNO3. The van der Waals surface area contributed by atoms with Gasteiger partial charge >= 0.3 is 5.97 Å². The number of nitrogens with one attached hydrogen (secondary N) is 1. The van der Waals surface area contributed by atoms with E-state index in [0.717, 1.165) is 6.42 Å². The van der Waals surface area contributed by atoms with Crippen molar-refractivity contribution in [2.24, 2.45) is 0 Å². The fraction of sp³-hybridized carbons (Fsp3) is 0.417. The Hall–Kier alpha value is -1.62. The van der Waals surface area contributed by atoms with Gasteiger partial charge in [-0.2, -0.15) is 0 Å². The van der Waals surface area contributed by atoms with E-state index in [9.17, 15) is 14.3 Å². The zero-order chi connectivity index (χ0) is 12.5. The van der Waals surface area contributed by atoms with Crippen LogP contribution in [0.4, 0.5) is 10.1 Å². The standard InChI is InChI=1S/C12H14FNO3/c13-9-4-1-3-8(11(15)16)10(9)14-7-12(17)5-2-6-12/h1,3-4,14,17H,2,5-7H2,(H,15,16). The van der Waals surface area contributed by atoms with Crippen molar-refractivity contribution in [3.05, 3.63) is 29.6 Å². The molecule has 0 unspecified atom stereocenters. The maximum absolute atomic E-state index is 13.5. The molecule has 1 aromatic carbocycles. The first-order valence-corrected chi connectivity index (χ1v) is 5.50. The molecule has 0 aliphatic heterocycles. The summed E-state index contributed by atoms with van der Waals surface area (Å²) in [6.45, 7) is 0.175. The van der Waals surface area contributed by atoms with Gasteiger partial charge in [0.25, 0.3) is 0 Å². The van der Waals surface area contributed by atoms with Gasteiger partial charge < -0.3 is 15.5 Å². The van der Waals surface area contributed by atoms with E-state index in [2.05, 4.69) is 5.32 Å². The van der Waals surface area contributed by atoms with Crippen molar-refractivity contribution in [2.45, 2.75) is 24.9 Å². The van der Waals surface area contributed by atoms with Gasteiger partial charge in [-0.25, -0.2) is 9.18 Å². The minimum Gasteiger partial charge on any atom is -0.478 e. The third-order valence-electron chi connectivity index (χ3n) is 3.12. The first kappa shape index (κ1) is 11.9. The Bertz CT molecular complexity index is 443. The van der Waals surface area contributed by atoms with Crippen LogP contribution in [-0.2, 0) is 0 Å². The smallest absolute Gasteiger partial charge is 0.337 e. The quantitative estimate of drug-likeness (QED) is 0.750. The monoisotopic (exact) mass is 239 g/mol. The second-order valence-corrected chi connectivity index (χ2v) is 4.40. The van der Waals surface area contributed by atoms with Gasteiger partial charge in [0.1, 0.15) is 5.82 Å². The fourth-order valence-electron chi connectivity index (χ4n) is 1.90. The van der Waals surface area contributed by atoms with Gasteiger partial charge in [0, 0.05) is 6.54 Å². The lowest BCUT2D eigenvalue weighted by atomic mass is 9.80. The average Bonchev–Trinajstić information content (AvgIpc) is 2.24. The van der Waals surface area contributed by atoms with E-state index in [1.807, 2.05) is 0 Å². The number of carboxylic acids is 1. The third-order valence-corrected chi connectivity index (χ3v) is 3.12. The highest BCUT2D eigenvalue weighted by atomic mass is 19.1. The maximum atomic E-state index is 13.5. The number of para-hydroxylation sites is 1. The van der Waals surface area contributed by atoms with Gasteiger partial charge in [-0.15, -0.1) is 0 Å². The number of hydrogen-bond donors (Lipinski definition) is 3. The van der Waals surface area contributed by atoms with Crippen molar-refractivity contribution in [1.82, 2.24) is 0 Å². The number of benzene rings is 1. The zero-order valence-electron chi connectivity index (χ0n) is 9.24. The number of halogens is 1. The molecule has 1 fully saturated rings. The highest BCUT2D eigenvalue weighted by Crippen LogP contribution is 2.32. The summed E-state index contributed by atoms with van der Waals surface area (Å²) in [5.74, 6) is -1.81. The van der Waals surface area contributed by atoms with Gasteiger partial charge in [0.15, 0.2) is 0 Å². The van der Waals surface area contributed by atoms with Crippen molar-refractivity contribution in [3.63, 3.8) is 0 Å². The molecule has 2 rings (SSSR count). The van der Waals surface area contributed by atoms with Crippen LogP contribution >= 0.6 is 0 Å². The summed E-state index contributed by atoms with van der Waals surface area (Å²) in [7, 11) is 0. The Kier molecular flexibility index (Phi) is 3.02. The Morgan fingerprint density at radius 2 is 2.18 bits per heavy atom.